The number of carbonyl (C=O) groups excluding carboxylic acids is 1. The molecule has 0 aliphatic carbocycles. The molecule has 1 amide bonds. The van der Waals surface area contributed by atoms with Crippen molar-refractivity contribution in [3.8, 4) is 0 Å². The van der Waals surface area contributed by atoms with Gasteiger partial charge in [0, 0.05) is 23.9 Å². The molecule has 11 heteroatoms. The molecule has 0 fully saturated rings. The fraction of sp³-hybridized carbons (Fsp3) is 0.200. The number of rotatable bonds is 7. The second-order valence-electron chi connectivity index (χ2n) is 5.34. The zero-order valence-corrected chi connectivity index (χ0v) is 16.8. The van der Waals surface area contributed by atoms with Gasteiger partial charge >= 0.3 is 0 Å². The Bertz CT molecular complexity index is 944. The van der Waals surface area contributed by atoms with Crippen LogP contribution in [0, 0.1) is 0 Å². The second-order valence-corrected chi connectivity index (χ2v) is 10.1. The number of nitrogens with one attached hydrogen (secondary N) is 2. The molecule has 0 aromatic carbocycles. The number of hydrogen-bond donors (Lipinski definition) is 3. The van der Waals surface area contributed by atoms with Crippen LogP contribution in [0.2, 0.25) is 0 Å². The van der Waals surface area contributed by atoms with Crippen molar-refractivity contribution in [2.75, 3.05) is 11.9 Å². The maximum Gasteiger partial charge on any atom is 0.251 e. The Labute approximate surface area is 162 Å². The quantitative estimate of drug-likeness (QED) is 0.535. The minimum Gasteiger partial charge on any atom is -0.378 e. The Morgan fingerprint density at radius 2 is 2.15 bits per heavy atom. The number of aliphatic hydroxyl groups is 1. The number of nitrogens with zero attached hydrogens (tertiary/aromatic N) is 1. The molecule has 0 aliphatic heterocycles. The van der Waals surface area contributed by atoms with Crippen LogP contribution in [-0.2, 0) is 20.4 Å². The largest absolute Gasteiger partial charge is 0.378 e. The Kier molecular flexibility index (Phi) is 5.55. The SMILES string of the molecule is CC(=O)Nc1ncc(S(=O)(=O)NCC(O)(c2ccsc2)c2cccs2)s1. The monoisotopic (exact) mass is 429 g/mol. The highest BCUT2D eigenvalue weighted by molar-refractivity contribution is 7.91. The van der Waals surface area contributed by atoms with Gasteiger partial charge in [-0.05, 0) is 28.3 Å². The van der Waals surface area contributed by atoms with Gasteiger partial charge < -0.3 is 10.4 Å². The van der Waals surface area contributed by atoms with Crippen LogP contribution >= 0.6 is 34.0 Å². The van der Waals surface area contributed by atoms with Crippen LogP contribution in [-0.4, -0.2) is 31.0 Å². The first kappa shape index (κ1) is 19.1. The minimum absolute atomic E-state index is 0.0416. The van der Waals surface area contributed by atoms with Crippen molar-refractivity contribution in [3.63, 3.8) is 0 Å². The van der Waals surface area contributed by atoms with Crippen LogP contribution in [0.3, 0.4) is 0 Å². The third-order valence-electron chi connectivity index (χ3n) is 3.48. The summed E-state index contributed by atoms with van der Waals surface area (Å²) in [7, 11) is -3.89. The molecule has 138 valence electrons. The number of sulfonamides is 1. The Morgan fingerprint density at radius 3 is 2.77 bits per heavy atom. The zero-order chi connectivity index (χ0) is 18.8. The van der Waals surface area contributed by atoms with E-state index in [1.165, 1.54) is 35.8 Å². The van der Waals surface area contributed by atoms with E-state index in [9.17, 15) is 18.3 Å². The molecule has 26 heavy (non-hydrogen) atoms. The lowest BCUT2D eigenvalue weighted by molar-refractivity contribution is -0.114. The minimum atomic E-state index is -3.89. The molecule has 0 radical (unpaired) electrons. The van der Waals surface area contributed by atoms with Gasteiger partial charge in [0.25, 0.3) is 10.0 Å². The third kappa shape index (κ3) is 4.03. The van der Waals surface area contributed by atoms with Gasteiger partial charge in [0.15, 0.2) is 9.34 Å². The van der Waals surface area contributed by atoms with Gasteiger partial charge in [-0.2, -0.15) is 11.3 Å². The van der Waals surface area contributed by atoms with Gasteiger partial charge in [0.2, 0.25) is 5.91 Å². The first-order chi connectivity index (χ1) is 12.3. The Morgan fingerprint density at radius 1 is 1.35 bits per heavy atom. The van der Waals surface area contributed by atoms with Crippen LogP contribution in [0.15, 0.2) is 44.7 Å². The number of anilines is 1. The summed E-state index contributed by atoms with van der Waals surface area (Å²) in [6.45, 7) is 1.09. The highest BCUT2D eigenvalue weighted by atomic mass is 32.2. The second kappa shape index (κ2) is 7.55. The summed E-state index contributed by atoms with van der Waals surface area (Å²) in [5.41, 5.74) is -0.845. The lowest BCUT2D eigenvalue weighted by Crippen LogP contribution is -2.40. The predicted octanol–water partition coefficient (Wildman–Crippen LogP) is 2.44. The molecule has 0 saturated heterocycles. The van der Waals surface area contributed by atoms with Gasteiger partial charge in [-0.3, -0.25) is 4.79 Å². The number of aromatic nitrogens is 1. The predicted molar refractivity (Wildman–Crippen MR) is 103 cm³/mol. The molecule has 1 atom stereocenters. The van der Waals surface area contributed by atoms with E-state index in [0.717, 1.165) is 11.3 Å². The molecule has 7 nitrogen and oxygen atoms in total. The fourth-order valence-electron chi connectivity index (χ4n) is 2.21. The zero-order valence-electron chi connectivity index (χ0n) is 13.5. The lowest BCUT2D eigenvalue weighted by atomic mass is 9.95. The van der Waals surface area contributed by atoms with Crippen LogP contribution in [0.25, 0.3) is 0 Å². The molecule has 3 N–H and O–H groups in total. The van der Waals surface area contributed by atoms with Crippen molar-refractivity contribution in [2.45, 2.75) is 16.7 Å². The fourth-order valence-corrected chi connectivity index (χ4v) is 5.96. The normalized spacial score (nSPS) is 14.1. The molecule has 1 unspecified atom stereocenters. The van der Waals surface area contributed by atoms with E-state index in [0.29, 0.717) is 10.4 Å². The van der Waals surface area contributed by atoms with Gasteiger partial charge in [0.1, 0.15) is 5.60 Å². The summed E-state index contributed by atoms with van der Waals surface area (Å²) < 4.78 is 27.5. The summed E-state index contributed by atoms with van der Waals surface area (Å²) in [5, 5.41) is 19.3. The van der Waals surface area contributed by atoms with Gasteiger partial charge in [-0.25, -0.2) is 18.1 Å². The maximum absolute atomic E-state index is 12.6. The number of carbonyl (C=O) groups is 1. The molecule has 3 aromatic heterocycles. The smallest absolute Gasteiger partial charge is 0.251 e. The highest BCUT2D eigenvalue weighted by Gasteiger charge is 2.35. The molecule has 0 bridgehead atoms. The van der Waals surface area contributed by atoms with E-state index in [1.54, 1.807) is 23.6 Å². The van der Waals surface area contributed by atoms with Gasteiger partial charge in [-0.1, -0.05) is 17.4 Å². The number of thiophene rings is 2. The average Bonchev–Trinajstić information content (AvgIpc) is 3.33. The maximum atomic E-state index is 12.6. The number of thiazole rings is 1. The van der Waals surface area contributed by atoms with Crippen LogP contribution in [0.1, 0.15) is 17.4 Å². The van der Waals surface area contributed by atoms with E-state index in [2.05, 4.69) is 15.0 Å². The van der Waals surface area contributed by atoms with E-state index in [-0.39, 0.29) is 21.8 Å². The highest BCUT2D eigenvalue weighted by Crippen LogP contribution is 2.34. The molecular weight excluding hydrogens is 414 g/mol. The molecule has 3 aromatic rings. The first-order valence-electron chi connectivity index (χ1n) is 7.33. The van der Waals surface area contributed by atoms with Crippen molar-refractivity contribution < 1.29 is 18.3 Å². The molecular formula is C15H15N3O4S4. The van der Waals surface area contributed by atoms with Crippen molar-refractivity contribution in [1.29, 1.82) is 0 Å². The molecule has 3 heterocycles. The molecule has 3 rings (SSSR count). The van der Waals surface area contributed by atoms with Crippen molar-refractivity contribution >= 4 is 55.1 Å². The van der Waals surface area contributed by atoms with E-state index < -0.39 is 15.6 Å². The Balaban J connectivity index is 1.83. The van der Waals surface area contributed by atoms with Crippen molar-refractivity contribution in [3.05, 3.63) is 51.0 Å². The van der Waals surface area contributed by atoms with Crippen LogP contribution < -0.4 is 10.0 Å². The van der Waals surface area contributed by atoms with E-state index in [1.807, 2.05) is 10.8 Å². The number of hydrogen-bond acceptors (Lipinski definition) is 8. The Hall–Kier alpha value is -1.63. The summed E-state index contributed by atoms with van der Waals surface area (Å²) in [5.74, 6) is -0.333. The summed E-state index contributed by atoms with van der Waals surface area (Å²) in [4.78, 5) is 15.6. The molecule has 0 saturated carbocycles. The standard InChI is InChI=1S/C15H15N3O4S4/c1-10(19)18-14-16-7-13(25-14)26(21,22)17-9-15(20,11-4-6-23-8-11)12-3-2-5-24-12/h2-8,17,20H,9H2,1H3,(H,16,18,19). The summed E-state index contributed by atoms with van der Waals surface area (Å²) in [6, 6.07) is 5.33. The lowest BCUT2D eigenvalue weighted by Gasteiger charge is -2.26. The summed E-state index contributed by atoms with van der Waals surface area (Å²) in [6.07, 6.45) is 1.17. The van der Waals surface area contributed by atoms with E-state index in [4.69, 9.17) is 0 Å². The summed E-state index contributed by atoms with van der Waals surface area (Å²) >= 11 is 3.61. The molecule has 0 aliphatic rings. The van der Waals surface area contributed by atoms with Gasteiger partial charge in [-0.15, -0.1) is 11.3 Å². The van der Waals surface area contributed by atoms with E-state index >= 15 is 0 Å². The number of amides is 1. The average molecular weight is 430 g/mol. The first-order valence-corrected chi connectivity index (χ1v) is 11.5. The van der Waals surface area contributed by atoms with Crippen LogP contribution in [0.4, 0.5) is 5.13 Å². The van der Waals surface area contributed by atoms with Crippen molar-refractivity contribution in [2.24, 2.45) is 0 Å². The van der Waals surface area contributed by atoms with Gasteiger partial charge in [0.05, 0.1) is 6.20 Å². The topological polar surface area (TPSA) is 108 Å². The van der Waals surface area contributed by atoms with Crippen molar-refractivity contribution in [1.82, 2.24) is 9.71 Å². The van der Waals surface area contributed by atoms with Crippen LogP contribution in [0.5, 0.6) is 0 Å². The third-order valence-corrected chi connectivity index (χ3v) is 7.96. The molecule has 0 spiro atoms.